The highest BCUT2D eigenvalue weighted by atomic mass is 16.5. The fraction of sp³-hybridized carbons (Fsp3) is 0.562. The zero-order valence-corrected chi connectivity index (χ0v) is 13.1. The van der Waals surface area contributed by atoms with E-state index in [1.54, 1.807) is 13.2 Å². The summed E-state index contributed by atoms with van der Waals surface area (Å²) in [5.74, 6) is 0.690. The Morgan fingerprint density at radius 3 is 3.04 bits per heavy atom. The summed E-state index contributed by atoms with van der Waals surface area (Å²) in [6.07, 6.45) is 6.33. The number of furan rings is 1. The first-order chi connectivity index (χ1) is 11.3. The molecule has 1 aliphatic carbocycles. The predicted molar refractivity (Wildman–Crippen MR) is 80.8 cm³/mol. The molecule has 4 rings (SSSR count). The van der Waals surface area contributed by atoms with Crippen molar-refractivity contribution in [2.24, 2.45) is 5.92 Å². The molecule has 1 amide bonds. The van der Waals surface area contributed by atoms with Crippen LogP contribution in [0.1, 0.15) is 40.6 Å². The summed E-state index contributed by atoms with van der Waals surface area (Å²) in [6, 6.07) is 1.49. The molecule has 0 bridgehead atoms. The number of aromatic nitrogens is 3. The van der Waals surface area contributed by atoms with Gasteiger partial charge in [-0.25, -0.2) is 4.68 Å². The topological polar surface area (TPSA) is 73.4 Å². The van der Waals surface area contributed by atoms with Crippen LogP contribution in [-0.2, 0) is 17.7 Å². The molecule has 0 spiro atoms. The summed E-state index contributed by atoms with van der Waals surface area (Å²) in [4.78, 5) is 14.5. The molecule has 3 heterocycles. The molecule has 1 atom stereocenters. The molecule has 7 nitrogen and oxygen atoms in total. The van der Waals surface area contributed by atoms with Gasteiger partial charge in [0, 0.05) is 26.6 Å². The van der Waals surface area contributed by atoms with E-state index in [0.29, 0.717) is 18.7 Å². The number of amides is 1. The molecule has 0 radical (unpaired) electrons. The summed E-state index contributed by atoms with van der Waals surface area (Å²) in [5, 5.41) is 8.69. The fourth-order valence-electron chi connectivity index (χ4n) is 3.21. The van der Waals surface area contributed by atoms with Crippen molar-refractivity contribution in [3.8, 4) is 0 Å². The van der Waals surface area contributed by atoms with Crippen LogP contribution >= 0.6 is 0 Å². The van der Waals surface area contributed by atoms with Gasteiger partial charge in [-0.3, -0.25) is 4.79 Å². The van der Waals surface area contributed by atoms with Crippen molar-refractivity contribution in [2.75, 3.05) is 20.3 Å². The fourth-order valence-corrected chi connectivity index (χ4v) is 3.21. The van der Waals surface area contributed by atoms with Gasteiger partial charge in [-0.05, 0) is 24.8 Å². The number of nitrogens with zero attached hydrogens (tertiary/aromatic N) is 4. The molecular formula is C16H20N4O3. The minimum Gasteiger partial charge on any atom is -0.472 e. The first kappa shape index (κ1) is 14.4. The van der Waals surface area contributed by atoms with E-state index in [2.05, 4.69) is 10.3 Å². The van der Waals surface area contributed by atoms with Crippen LogP contribution in [-0.4, -0.2) is 46.1 Å². The Bertz CT molecular complexity index is 690. The Labute approximate surface area is 134 Å². The van der Waals surface area contributed by atoms with Gasteiger partial charge >= 0.3 is 0 Å². The van der Waals surface area contributed by atoms with E-state index in [-0.39, 0.29) is 11.9 Å². The number of methoxy groups -OCH3 is 1. The zero-order chi connectivity index (χ0) is 15.8. The van der Waals surface area contributed by atoms with Crippen molar-refractivity contribution in [1.29, 1.82) is 0 Å². The molecule has 2 aromatic heterocycles. The van der Waals surface area contributed by atoms with Gasteiger partial charge in [-0.15, -0.1) is 5.10 Å². The normalized spacial score (nSPS) is 20.6. The third-order valence-electron chi connectivity index (χ3n) is 4.63. The highest BCUT2D eigenvalue weighted by Crippen LogP contribution is 2.34. The van der Waals surface area contributed by atoms with Crippen molar-refractivity contribution in [1.82, 2.24) is 19.9 Å². The maximum Gasteiger partial charge on any atom is 0.257 e. The maximum absolute atomic E-state index is 12.7. The smallest absolute Gasteiger partial charge is 0.257 e. The van der Waals surface area contributed by atoms with Crippen molar-refractivity contribution < 1.29 is 13.9 Å². The molecule has 1 saturated carbocycles. The van der Waals surface area contributed by atoms with Gasteiger partial charge in [0.25, 0.3) is 5.91 Å². The molecule has 0 N–H and O–H groups in total. The number of hydrogen-bond acceptors (Lipinski definition) is 5. The zero-order valence-electron chi connectivity index (χ0n) is 13.1. The second-order valence-electron chi connectivity index (χ2n) is 6.28. The van der Waals surface area contributed by atoms with E-state index in [1.165, 1.54) is 25.4 Å². The SMILES string of the molecule is COC[C@@H]1c2nnn(CC3CC3)c2CCN1C(=O)c1ccoc1. The van der Waals surface area contributed by atoms with Gasteiger partial charge in [0.15, 0.2) is 0 Å². The van der Waals surface area contributed by atoms with E-state index >= 15 is 0 Å². The molecule has 122 valence electrons. The number of rotatable bonds is 5. The number of carbonyl (C=O) groups is 1. The third-order valence-corrected chi connectivity index (χ3v) is 4.63. The molecule has 0 saturated heterocycles. The number of ether oxygens (including phenoxy) is 1. The summed E-state index contributed by atoms with van der Waals surface area (Å²) < 4.78 is 12.4. The largest absolute Gasteiger partial charge is 0.472 e. The molecule has 1 aliphatic heterocycles. The molecule has 1 fully saturated rings. The number of fused-ring (bicyclic) bond motifs is 1. The molecular weight excluding hydrogens is 296 g/mol. The quantitative estimate of drug-likeness (QED) is 0.839. The Kier molecular flexibility index (Phi) is 3.65. The van der Waals surface area contributed by atoms with Crippen LogP contribution in [0.4, 0.5) is 0 Å². The van der Waals surface area contributed by atoms with Gasteiger partial charge in [0.1, 0.15) is 18.0 Å². The first-order valence-corrected chi connectivity index (χ1v) is 8.02. The minimum atomic E-state index is -0.195. The highest BCUT2D eigenvalue weighted by molar-refractivity contribution is 5.94. The summed E-state index contributed by atoms with van der Waals surface area (Å²) in [5.41, 5.74) is 2.57. The number of carbonyl (C=O) groups excluding carboxylic acids is 1. The molecule has 7 heteroatoms. The molecule has 0 unspecified atom stereocenters. The Morgan fingerprint density at radius 1 is 1.48 bits per heavy atom. The predicted octanol–water partition coefficient (Wildman–Crippen LogP) is 1.67. The monoisotopic (exact) mass is 316 g/mol. The summed E-state index contributed by atoms with van der Waals surface area (Å²) in [7, 11) is 1.64. The average molecular weight is 316 g/mol. The van der Waals surface area contributed by atoms with Crippen LogP contribution in [0.5, 0.6) is 0 Å². The van der Waals surface area contributed by atoms with Gasteiger partial charge < -0.3 is 14.1 Å². The Hall–Kier alpha value is -2.15. The van der Waals surface area contributed by atoms with Gasteiger partial charge in [-0.2, -0.15) is 0 Å². The van der Waals surface area contributed by atoms with Crippen molar-refractivity contribution in [2.45, 2.75) is 31.8 Å². The molecule has 2 aliphatic rings. The van der Waals surface area contributed by atoms with Crippen LogP contribution in [0.3, 0.4) is 0 Å². The van der Waals surface area contributed by atoms with Crippen molar-refractivity contribution in [3.63, 3.8) is 0 Å². The van der Waals surface area contributed by atoms with Crippen LogP contribution in [0.2, 0.25) is 0 Å². The van der Waals surface area contributed by atoms with Crippen molar-refractivity contribution >= 4 is 5.91 Å². The van der Waals surface area contributed by atoms with Gasteiger partial charge in [-0.1, -0.05) is 5.21 Å². The summed E-state index contributed by atoms with van der Waals surface area (Å²) in [6.45, 7) is 2.00. The second kappa shape index (κ2) is 5.81. The third kappa shape index (κ3) is 2.65. The lowest BCUT2D eigenvalue weighted by Crippen LogP contribution is -2.42. The van der Waals surface area contributed by atoms with E-state index in [4.69, 9.17) is 9.15 Å². The van der Waals surface area contributed by atoms with E-state index < -0.39 is 0 Å². The minimum absolute atomic E-state index is 0.0526. The van der Waals surface area contributed by atoms with Crippen LogP contribution < -0.4 is 0 Å². The highest BCUT2D eigenvalue weighted by Gasteiger charge is 2.36. The van der Waals surface area contributed by atoms with Gasteiger partial charge in [0.2, 0.25) is 0 Å². The number of hydrogen-bond donors (Lipinski definition) is 0. The lowest BCUT2D eigenvalue weighted by Gasteiger charge is -2.34. The maximum atomic E-state index is 12.7. The van der Waals surface area contributed by atoms with E-state index in [9.17, 15) is 4.79 Å². The Morgan fingerprint density at radius 2 is 2.35 bits per heavy atom. The van der Waals surface area contributed by atoms with Crippen LogP contribution in [0.15, 0.2) is 23.0 Å². The molecule has 0 aromatic carbocycles. The lowest BCUT2D eigenvalue weighted by molar-refractivity contribution is 0.0489. The van der Waals surface area contributed by atoms with Crippen LogP contribution in [0, 0.1) is 5.92 Å². The lowest BCUT2D eigenvalue weighted by atomic mass is 10.0. The van der Waals surface area contributed by atoms with E-state index in [1.807, 2.05) is 9.58 Å². The standard InChI is InChI=1S/C16H20N4O3/c1-22-10-14-15-13(20(18-17-15)8-11-2-3-11)4-6-19(14)16(21)12-5-7-23-9-12/h5,7,9,11,14H,2-4,6,8,10H2,1H3/t14-/m1/s1. The van der Waals surface area contributed by atoms with Crippen LogP contribution in [0.25, 0.3) is 0 Å². The van der Waals surface area contributed by atoms with Crippen molar-refractivity contribution in [3.05, 3.63) is 35.5 Å². The summed E-state index contributed by atoms with van der Waals surface area (Å²) >= 11 is 0. The first-order valence-electron chi connectivity index (χ1n) is 8.02. The van der Waals surface area contributed by atoms with Gasteiger partial charge in [0.05, 0.1) is 24.1 Å². The average Bonchev–Trinajstić information content (AvgIpc) is 3.05. The second-order valence-corrected chi connectivity index (χ2v) is 6.28. The van der Waals surface area contributed by atoms with E-state index in [0.717, 1.165) is 30.3 Å². The molecule has 2 aromatic rings. The molecule has 23 heavy (non-hydrogen) atoms. The Balaban J connectivity index is 1.62.